The molecule has 2 N–H and O–H groups in total. The molecule has 1 aliphatic rings. The number of hydrogen-bond donors (Lipinski definition) is 2. The predicted molar refractivity (Wildman–Crippen MR) is 156 cm³/mol. The molecule has 1 heterocycles. The summed E-state index contributed by atoms with van der Waals surface area (Å²) in [5.74, 6) is 0.794. The molecule has 0 bridgehead atoms. The van der Waals surface area contributed by atoms with Gasteiger partial charge in [0, 0.05) is 47.7 Å². The van der Waals surface area contributed by atoms with Crippen molar-refractivity contribution >= 4 is 11.6 Å². The van der Waals surface area contributed by atoms with Crippen molar-refractivity contribution in [2.24, 2.45) is 0 Å². The zero-order chi connectivity index (χ0) is 28.9. The lowest BCUT2D eigenvalue weighted by molar-refractivity contribution is 0.152. The number of pyridine rings is 1. The minimum Gasteiger partial charge on any atom is -0.488 e. The average molecular weight is 572 g/mol. The molecular formula is C33H31ClFN3O3. The maximum absolute atomic E-state index is 14.6. The number of hydrogen-bond acceptors (Lipinski definition) is 6. The fraction of sp³-hybridized carbons (Fsp3) is 0.273. The second kappa shape index (κ2) is 12.7. The van der Waals surface area contributed by atoms with Crippen LogP contribution in [0.2, 0.25) is 5.02 Å². The number of nitrogens with one attached hydrogen (secondary N) is 1. The first-order valence-corrected chi connectivity index (χ1v) is 14.0. The number of halogens is 2. The first-order valence-electron chi connectivity index (χ1n) is 13.6. The summed E-state index contributed by atoms with van der Waals surface area (Å²) >= 11 is 6.74. The van der Waals surface area contributed by atoms with Crippen LogP contribution in [0.5, 0.6) is 11.5 Å². The van der Waals surface area contributed by atoms with Crippen molar-refractivity contribution in [2.45, 2.75) is 58.1 Å². The average Bonchev–Trinajstić information content (AvgIpc) is 3.39. The quantitative estimate of drug-likeness (QED) is 0.215. The van der Waals surface area contributed by atoms with E-state index in [1.54, 1.807) is 37.4 Å². The molecule has 6 nitrogen and oxygen atoms in total. The second-order valence-corrected chi connectivity index (χ2v) is 10.7. The van der Waals surface area contributed by atoms with Gasteiger partial charge in [0.25, 0.3) is 0 Å². The first kappa shape index (κ1) is 28.6. The van der Waals surface area contributed by atoms with Gasteiger partial charge < -0.3 is 19.9 Å². The number of benzene rings is 3. The van der Waals surface area contributed by atoms with Gasteiger partial charge in [-0.2, -0.15) is 5.26 Å². The molecule has 8 heteroatoms. The minimum absolute atomic E-state index is 0.146. The summed E-state index contributed by atoms with van der Waals surface area (Å²) in [4.78, 5) is 4.11. The van der Waals surface area contributed by atoms with E-state index < -0.39 is 6.10 Å². The molecule has 0 amide bonds. The van der Waals surface area contributed by atoms with Crippen molar-refractivity contribution < 1.29 is 19.0 Å². The molecule has 0 fully saturated rings. The van der Waals surface area contributed by atoms with E-state index in [1.807, 2.05) is 37.3 Å². The third kappa shape index (κ3) is 6.52. The summed E-state index contributed by atoms with van der Waals surface area (Å²) in [6, 6.07) is 20.0. The fourth-order valence-corrected chi connectivity index (χ4v) is 5.22. The van der Waals surface area contributed by atoms with E-state index >= 15 is 0 Å². The highest BCUT2D eigenvalue weighted by Gasteiger charge is 2.28. The van der Waals surface area contributed by atoms with E-state index in [-0.39, 0.29) is 24.6 Å². The number of aromatic nitrogens is 1. The van der Waals surface area contributed by atoms with Crippen LogP contribution in [0.4, 0.5) is 4.39 Å². The Morgan fingerprint density at radius 1 is 1.10 bits per heavy atom. The van der Waals surface area contributed by atoms with Crippen LogP contribution < -0.4 is 14.8 Å². The Morgan fingerprint density at radius 2 is 1.90 bits per heavy atom. The van der Waals surface area contributed by atoms with Gasteiger partial charge in [-0.1, -0.05) is 48.0 Å². The second-order valence-electron chi connectivity index (χ2n) is 10.3. The number of rotatable bonds is 10. The highest BCUT2D eigenvalue weighted by atomic mass is 35.5. The molecule has 4 aromatic rings. The number of nitrogens with zero attached hydrogens (tertiary/aromatic N) is 2. The first-order chi connectivity index (χ1) is 19.8. The van der Waals surface area contributed by atoms with Crippen molar-refractivity contribution in [3.63, 3.8) is 0 Å². The van der Waals surface area contributed by atoms with Gasteiger partial charge in [0.15, 0.2) is 0 Å². The van der Waals surface area contributed by atoms with Crippen molar-refractivity contribution in [3.8, 4) is 28.7 Å². The molecule has 0 saturated heterocycles. The molecule has 41 heavy (non-hydrogen) atoms. The molecule has 0 aliphatic heterocycles. The third-order valence-electron chi connectivity index (χ3n) is 7.42. The smallest absolute Gasteiger partial charge is 0.142 e. The van der Waals surface area contributed by atoms with E-state index in [0.717, 1.165) is 40.7 Å². The Morgan fingerprint density at radius 3 is 2.68 bits per heavy atom. The lowest BCUT2D eigenvalue weighted by Crippen LogP contribution is -2.35. The molecule has 1 aliphatic carbocycles. The Balaban J connectivity index is 1.42. The normalized spacial score (nSPS) is 15.6. The molecule has 0 saturated carbocycles. The van der Waals surface area contributed by atoms with Crippen molar-refractivity contribution in [1.82, 2.24) is 10.3 Å². The highest BCUT2D eigenvalue weighted by Crippen LogP contribution is 2.43. The number of aliphatic hydroxyl groups excluding tert-OH is 1. The van der Waals surface area contributed by atoms with Crippen LogP contribution >= 0.6 is 11.6 Å². The standard InChI is InChI=1S/C33H31ClFN3O3/c1-20(21(2)39)38-18-24-13-29(34)33(14-32(24)40-19-23-12-22(15-36)16-37-17-23)41-31-11-10-26-25(7-5-8-28(26)31)27-6-3-4-9-30(27)35/h3-9,12-14,16-17,20-21,31,38-39H,10-11,18-19H2,1-2H3/t20-,21+,31+/m1/s1. The van der Waals surface area contributed by atoms with Crippen molar-refractivity contribution in [1.29, 1.82) is 5.26 Å². The van der Waals surface area contributed by atoms with E-state index in [0.29, 0.717) is 34.2 Å². The third-order valence-corrected chi connectivity index (χ3v) is 7.72. The summed E-state index contributed by atoms with van der Waals surface area (Å²) in [6.45, 7) is 4.23. The summed E-state index contributed by atoms with van der Waals surface area (Å²) in [5.41, 5.74) is 5.55. The fourth-order valence-electron chi connectivity index (χ4n) is 4.99. The zero-order valence-electron chi connectivity index (χ0n) is 22.9. The topological polar surface area (TPSA) is 87.4 Å². The molecule has 0 spiro atoms. The van der Waals surface area contributed by atoms with E-state index in [4.69, 9.17) is 21.1 Å². The molecule has 210 valence electrons. The van der Waals surface area contributed by atoms with Gasteiger partial charge in [-0.3, -0.25) is 4.98 Å². The van der Waals surface area contributed by atoms with Crippen LogP contribution in [0.1, 0.15) is 54.2 Å². The molecule has 3 aromatic carbocycles. The van der Waals surface area contributed by atoms with Crippen LogP contribution in [-0.2, 0) is 19.6 Å². The Labute approximate surface area is 244 Å². The van der Waals surface area contributed by atoms with Gasteiger partial charge >= 0.3 is 0 Å². The monoisotopic (exact) mass is 571 g/mol. The highest BCUT2D eigenvalue weighted by molar-refractivity contribution is 6.32. The van der Waals surface area contributed by atoms with Gasteiger partial charge in [-0.15, -0.1) is 0 Å². The van der Waals surface area contributed by atoms with Crippen LogP contribution in [-0.4, -0.2) is 22.2 Å². The summed E-state index contributed by atoms with van der Waals surface area (Å²) < 4.78 is 27.3. The van der Waals surface area contributed by atoms with Crippen LogP contribution in [0, 0.1) is 17.1 Å². The van der Waals surface area contributed by atoms with Crippen LogP contribution in [0.25, 0.3) is 11.1 Å². The molecule has 0 radical (unpaired) electrons. The van der Waals surface area contributed by atoms with E-state index in [2.05, 4.69) is 16.4 Å². The SMILES string of the molecule is C[C@H](O)[C@@H](C)NCc1cc(Cl)c(O[C@H]2CCc3c(-c4ccccc4F)cccc32)cc1OCc1cncc(C#N)c1. The van der Waals surface area contributed by atoms with Gasteiger partial charge in [0.1, 0.15) is 36.1 Å². The summed E-state index contributed by atoms with van der Waals surface area (Å²) in [7, 11) is 0. The molecule has 3 atom stereocenters. The summed E-state index contributed by atoms with van der Waals surface area (Å²) in [6.07, 6.45) is 3.86. The molecule has 5 rings (SSSR count). The van der Waals surface area contributed by atoms with Crippen molar-refractivity contribution in [3.05, 3.63) is 112 Å². The van der Waals surface area contributed by atoms with Gasteiger partial charge in [-0.25, -0.2) is 4.39 Å². The number of fused-ring (bicyclic) bond motifs is 1. The lowest BCUT2D eigenvalue weighted by Gasteiger charge is -2.21. The van der Waals surface area contributed by atoms with Gasteiger partial charge in [0.05, 0.1) is 16.7 Å². The number of ether oxygens (including phenoxy) is 2. The Hall–Kier alpha value is -3.96. The maximum Gasteiger partial charge on any atom is 0.142 e. The maximum atomic E-state index is 14.6. The van der Waals surface area contributed by atoms with Crippen LogP contribution in [0.3, 0.4) is 0 Å². The van der Waals surface area contributed by atoms with Crippen LogP contribution in [0.15, 0.2) is 73.1 Å². The predicted octanol–water partition coefficient (Wildman–Crippen LogP) is 6.92. The van der Waals surface area contributed by atoms with Gasteiger partial charge in [-0.05, 0) is 61.6 Å². The number of aliphatic hydroxyl groups is 1. The Bertz CT molecular complexity index is 1590. The largest absolute Gasteiger partial charge is 0.488 e. The van der Waals surface area contributed by atoms with E-state index in [9.17, 15) is 14.8 Å². The molecular weight excluding hydrogens is 541 g/mol. The minimum atomic E-state index is -0.533. The number of nitriles is 1. The van der Waals surface area contributed by atoms with E-state index in [1.165, 1.54) is 12.3 Å². The molecule has 1 aromatic heterocycles. The van der Waals surface area contributed by atoms with Crippen molar-refractivity contribution in [2.75, 3.05) is 0 Å². The van der Waals surface area contributed by atoms with Gasteiger partial charge in [0.2, 0.25) is 0 Å². The Kier molecular flexibility index (Phi) is 8.84. The lowest BCUT2D eigenvalue weighted by atomic mass is 9.96. The zero-order valence-corrected chi connectivity index (χ0v) is 23.7. The molecule has 0 unspecified atom stereocenters. The summed E-state index contributed by atoms with van der Waals surface area (Å²) in [5, 5.41) is 22.9.